The molecule has 0 bridgehead atoms. The summed E-state index contributed by atoms with van der Waals surface area (Å²) in [7, 11) is -1.18. The number of nitrogens with two attached hydrogens (primary N) is 1. The molecule has 0 saturated carbocycles. The van der Waals surface area contributed by atoms with Gasteiger partial charge in [-0.2, -0.15) is 0 Å². The molecule has 2 fully saturated rings. The Balaban J connectivity index is 1.31. The molecule has 8 nitrogen and oxygen atoms in total. The van der Waals surface area contributed by atoms with Gasteiger partial charge in [0.15, 0.2) is 0 Å². The molecule has 0 radical (unpaired) electrons. The summed E-state index contributed by atoms with van der Waals surface area (Å²) in [6, 6.07) is 13.9. The van der Waals surface area contributed by atoms with E-state index in [4.69, 9.17) is 5.73 Å². The standard InChI is InChI=1S/C27H35N5O3S/c1-30-11-13-31(14-12-30)15-16-36(34,35)32-9-7-21(8-10-32)25-19-29-26-23(25)17-22(18-24(26)27(28)33)20-5-3-2-4-6-20/h2-6,17-19,21,29H,7-16H2,1H3,(H2,28,33). The molecule has 0 unspecified atom stereocenters. The fourth-order valence-electron chi connectivity index (χ4n) is 5.47. The van der Waals surface area contributed by atoms with Crippen LogP contribution in [0, 0.1) is 0 Å². The molecule has 2 aromatic carbocycles. The van der Waals surface area contributed by atoms with E-state index in [1.54, 1.807) is 4.31 Å². The maximum absolute atomic E-state index is 13.1. The quantitative estimate of drug-likeness (QED) is 0.510. The van der Waals surface area contributed by atoms with Crippen molar-refractivity contribution in [3.8, 4) is 11.1 Å². The highest BCUT2D eigenvalue weighted by molar-refractivity contribution is 7.89. The summed E-state index contributed by atoms with van der Waals surface area (Å²) >= 11 is 0. The summed E-state index contributed by atoms with van der Waals surface area (Å²) < 4.78 is 27.8. The van der Waals surface area contributed by atoms with Crippen LogP contribution in [0.5, 0.6) is 0 Å². The zero-order valence-electron chi connectivity index (χ0n) is 20.8. The topological polar surface area (TPSA) is 103 Å². The number of primary amides is 1. The van der Waals surface area contributed by atoms with Crippen molar-refractivity contribution in [2.24, 2.45) is 5.73 Å². The second-order valence-corrected chi connectivity index (χ2v) is 12.1. The van der Waals surface area contributed by atoms with Gasteiger partial charge in [0.25, 0.3) is 5.91 Å². The number of sulfonamides is 1. The van der Waals surface area contributed by atoms with Crippen molar-refractivity contribution in [3.63, 3.8) is 0 Å². The number of nitrogens with zero attached hydrogens (tertiary/aromatic N) is 3. The van der Waals surface area contributed by atoms with Crippen LogP contribution in [-0.2, 0) is 10.0 Å². The van der Waals surface area contributed by atoms with Crippen molar-refractivity contribution in [2.75, 3.05) is 58.6 Å². The molecule has 3 aromatic rings. The third kappa shape index (κ3) is 5.20. The van der Waals surface area contributed by atoms with E-state index < -0.39 is 15.9 Å². The van der Waals surface area contributed by atoms with E-state index in [0.29, 0.717) is 25.2 Å². The molecule has 0 aliphatic carbocycles. The fraction of sp³-hybridized carbons (Fsp3) is 0.444. The molecule has 0 atom stereocenters. The van der Waals surface area contributed by atoms with Crippen molar-refractivity contribution >= 4 is 26.8 Å². The highest BCUT2D eigenvalue weighted by Crippen LogP contribution is 2.37. The predicted molar refractivity (Wildman–Crippen MR) is 144 cm³/mol. The Morgan fingerprint density at radius 1 is 1.00 bits per heavy atom. The number of aromatic amines is 1. The largest absolute Gasteiger partial charge is 0.366 e. The number of hydrogen-bond donors (Lipinski definition) is 2. The summed E-state index contributed by atoms with van der Waals surface area (Å²) in [5, 5.41) is 0.988. The molecule has 1 amide bonds. The minimum atomic E-state index is -3.28. The van der Waals surface area contributed by atoms with E-state index >= 15 is 0 Å². The molecule has 3 N–H and O–H groups in total. The van der Waals surface area contributed by atoms with E-state index in [9.17, 15) is 13.2 Å². The number of carbonyl (C=O) groups is 1. The Morgan fingerprint density at radius 3 is 2.36 bits per heavy atom. The van der Waals surface area contributed by atoms with E-state index in [1.807, 2.05) is 42.6 Å². The second-order valence-electron chi connectivity index (χ2n) is 10.1. The molecule has 0 spiro atoms. The molecular weight excluding hydrogens is 474 g/mol. The minimum Gasteiger partial charge on any atom is -0.366 e. The number of aromatic nitrogens is 1. The van der Waals surface area contributed by atoms with Gasteiger partial charge < -0.3 is 15.6 Å². The number of rotatable bonds is 7. The molecule has 192 valence electrons. The summed E-state index contributed by atoms with van der Waals surface area (Å²) in [5.74, 6) is -0.0707. The number of nitrogens with one attached hydrogen (secondary N) is 1. The van der Waals surface area contributed by atoms with E-state index in [0.717, 1.165) is 66.6 Å². The number of fused-ring (bicyclic) bond motifs is 1. The van der Waals surface area contributed by atoms with Crippen molar-refractivity contribution in [2.45, 2.75) is 18.8 Å². The maximum Gasteiger partial charge on any atom is 0.250 e. The first-order valence-corrected chi connectivity index (χ1v) is 14.3. The zero-order valence-corrected chi connectivity index (χ0v) is 21.6. The number of piperazine rings is 1. The first kappa shape index (κ1) is 25.0. The van der Waals surface area contributed by atoms with Gasteiger partial charge in [-0.15, -0.1) is 0 Å². The number of amides is 1. The number of benzene rings is 2. The van der Waals surface area contributed by atoms with Gasteiger partial charge in [-0.25, -0.2) is 12.7 Å². The highest BCUT2D eigenvalue weighted by Gasteiger charge is 2.30. The SMILES string of the molecule is CN1CCN(CCS(=O)(=O)N2CCC(c3c[nH]c4c(C(N)=O)cc(-c5ccccc5)cc34)CC2)CC1. The lowest BCUT2D eigenvalue weighted by molar-refractivity contribution is 0.100. The Bertz CT molecular complexity index is 1320. The van der Waals surface area contributed by atoms with Crippen LogP contribution in [0.2, 0.25) is 0 Å². The Kier molecular flexibility index (Phi) is 7.16. The molecule has 2 aliphatic heterocycles. The van der Waals surface area contributed by atoms with Gasteiger partial charge >= 0.3 is 0 Å². The van der Waals surface area contributed by atoms with Gasteiger partial charge in [-0.1, -0.05) is 30.3 Å². The molecule has 9 heteroatoms. The van der Waals surface area contributed by atoms with Gasteiger partial charge in [0, 0.05) is 57.4 Å². The second kappa shape index (κ2) is 10.3. The molecule has 1 aromatic heterocycles. The van der Waals surface area contributed by atoms with Crippen LogP contribution >= 0.6 is 0 Å². The number of piperidine rings is 1. The summed E-state index contributed by atoms with van der Waals surface area (Å²) in [4.78, 5) is 20.0. The van der Waals surface area contributed by atoms with Gasteiger partial charge in [0.2, 0.25) is 10.0 Å². The lowest BCUT2D eigenvalue weighted by Gasteiger charge is -2.34. The van der Waals surface area contributed by atoms with Crippen molar-refractivity contribution < 1.29 is 13.2 Å². The molecule has 2 saturated heterocycles. The number of likely N-dealkylation sites (N-methyl/N-ethyl adjacent to an activating group) is 1. The first-order chi connectivity index (χ1) is 17.3. The number of carbonyl (C=O) groups excluding carboxylic acids is 1. The van der Waals surface area contributed by atoms with E-state index in [-0.39, 0.29) is 11.7 Å². The number of hydrogen-bond acceptors (Lipinski definition) is 5. The smallest absolute Gasteiger partial charge is 0.250 e. The van der Waals surface area contributed by atoms with Crippen LogP contribution in [0.25, 0.3) is 22.0 Å². The average molecular weight is 510 g/mol. The summed E-state index contributed by atoms with van der Waals surface area (Å²) in [6.45, 7) is 5.45. The van der Waals surface area contributed by atoms with Gasteiger partial charge in [-0.05, 0) is 54.6 Å². The summed E-state index contributed by atoms with van der Waals surface area (Å²) in [5.41, 5.74) is 10.0. The van der Waals surface area contributed by atoms with Crippen molar-refractivity contribution in [1.29, 1.82) is 0 Å². The average Bonchev–Trinajstić information content (AvgIpc) is 3.32. The number of H-pyrrole nitrogens is 1. The molecule has 2 aliphatic rings. The minimum absolute atomic E-state index is 0.177. The predicted octanol–water partition coefficient (Wildman–Crippen LogP) is 2.69. The lowest BCUT2D eigenvalue weighted by Crippen LogP contribution is -2.47. The Morgan fingerprint density at radius 2 is 1.69 bits per heavy atom. The molecule has 5 rings (SSSR count). The third-order valence-electron chi connectivity index (χ3n) is 7.74. The molecule has 3 heterocycles. The normalized spacial score (nSPS) is 19.1. The highest BCUT2D eigenvalue weighted by atomic mass is 32.2. The monoisotopic (exact) mass is 509 g/mol. The van der Waals surface area contributed by atoms with Crippen LogP contribution in [0.4, 0.5) is 0 Å². The van der Waals surface area contributed by atoms with Gasteiger partial charge in [0.05, 0.1) is 16.8 Å². The Hall–Kier alpha value is -2.72. The maximum atomic E-state index is 13.1. The lowest BCUT2D eigenvalue weighted by atomic mass is 9.88. The Labute approximate surface area is 213 Å². The van der Waals surface area contributed by atoms with E-state index in [1.165, 1.54) is 0 Å². The third-order valence-corrected chi connectivity index (χ3v) is 9.59. The van der Waals surface area contributed by atoms with Crippen LogP contribution in [-0.4, -0.2) is 92.0 Å². The van der Waals surface area contributed by atoms with E-state index in [2.05, 4.69) is 27.9 Å². The molecule has 36 heavy (non-hydrogen) atoms. The van der Waals surface area contributed by atoms with Crippen molar-refractivity contribution in [3.05, 3.63) is 59.8 Å². The van der Waals surface area contributed by atoms with Gasteiger partial charge in [0.1, 0.15) is 0 Å². The van der Waals surface area contributed by atoms with Crippen LogP contribution in [0.15, 0.2) is 48.7 Å². The summed E-state index contributed by atoms with van der Waals surface area (Å²) in [6.07, 6.45) is 3.47. The zero-order chi connectivity index (χ0) is 25.3. The first-order valence-electron chi connectivity index (χ1n) is 12.7. The van der Waals surface area contributed by atoms with Crippen LogP contribution < -0.4 is 5.73 Å². The van der Waals surface area contributed by atoms with Crippen LogP contribution in [0.3, 0.4) is 0 Å². The van der Waals surface area contributed by atoms with Crippen molar-refractivity contribution in [1.82, 2.24) is 19.1 Å². The van der Waals surface area contributed by atoms with Gasteiger partial charge in [-0.3, -0.25) is 9.69 Å². The molecular formula is C27H35N5O3S. The van der Waals surface area contributed by atoms with Crippen LogP contribution in [0.1, 0.15) is 34.7 Å². The fourth-order valence-corrected chi connectivity index (χ4v) is 6.99.